The van der Waals surface area contributed by atoms with E-state index < -0.39 is 10.0 Å². The molecule has 0 bridgehead atoms. The summed E-state index contributed by atoms with van der Waals surface area (Å²) in [6.07, 6.45) is 0. The van der Waals surface area contributed by atoms with Crippen molar-refractivity contribution < 1.29 is 8.42 Å². The highest BCUT2D eigenvalue weighted by molar-refractivity contribution is 7.94. The molecule has 4 nitrogen and oxygen atoms in total. The Bertz CT molecular complexity index is 725. The zero-order valence-corrected chi connectivity index (χ0v) is 12.1. The molecule has 0 aliphatic rings. The van der Waals surface area contributed by atoms with Crippen LogP contribution in [0.4, 0.5) is 5.69 Å². The number of aryl methyl sites for hydroxylation is 1. The highest BCUT2D eigenvalue weighted by Gasteiger charge is 2.22. The summed E-state index contributed by atoms with van der Waals surface area (Å²) in [5.74, 6) is 0. The first-order valence-corrected chi connectivity index (χ1v) is 7.76. The largest absolute Gasteiger partial charge is 0.273 e. The monoisotopic (exact) mass is 292 g/mol. The van der Waals surface area contributed by atoms with Crippen LogP contribution in [0.15, 0.2) is 40.6 Å². The maximum Gasteiger partial charge on any atom is 0.273 e. The predicted molar refractivity (Wildman–Crippen MR) is 75.8 cm³/mol. The molecule has 1 aromatic heterocycles. The molecule has 2 rings (SSSR count). The second kappa shape index (κ2) is 5.03. The number of sulfonamides is 1. The lowest BCUT2D eigenvalue weighted by Crippen LogP contribution is -2.25. The fraction of sp³-hybridized carbons (Fsp3) is 0.154. The first-order valence-electron chi connectivity index (χ1n) is 5.50. The molecule has 0 saturated heterocycles. The quantitative estimate of drug-likeness (QED) is 0.874. The second-order valence-electron chi connectivity index (χ2n) is 4.00. The number of hydrogen-bond acceptors (Lipinski definition) is 4. The van der Waals surface area contributed by atoms with Crippen molar-refractivity contribution in [2.75, 3.05) is 11.4 Å². The minimum atomic E-state index is -3.52. The van der Waals surface area contributed by atoms with Gasteiger partial charge in [-0.3, -0.25) is 4.31 Å². The minimum Gasteiger partial charge on any atom is -0.269 e. The smallest absolute Gasteiger partial charge is 0.269 e. The number of anilines is 1. The zero-order valence-electron chi connectivity index (χ0n) is 10.5. The van der Waals surface area contributed by atoms with Crippen molar-refractivity contribution in [2.45, 2.75) is 11.1 Å². The molecule has 0 saturated carbocycles. The zero-order chi connectivity index (χ0) is 14.0. The number of benzene rings is 1. The lowest BCUT2D eigenvalue weighted by atomic mass is 10.2. The third kappa shape index (κ3) is 2.62. The molecule has 0 N–H and O–H groups in total. The van der Waals surface area contributed by atoms with Gasteiger partial charge in [0, 0.05) is 11.9 Å². The second-order valence-corrected chi connectivity index (χ2v) is 7.48. The number of rotatable bonds is 3. The van der Waals surface area contributed by atoms with E-state index in [1.54, 1.807) is 36.4 Å². The molecule has 1 heterocycles. The van der Waals surface area contributed by atoms with E-state index in [0.717, 1.165) is 4.88 Å². The summed E-state index contributed by atoms with van der Waals surface area (Å²) in [7, 11) is -2.02. The molecule has 0 aliphatic carbocycles. The normalized spacial score (nSPS) is 11.0. The summed E-state index contributed by atoms with van der Waals surface area (Å²) in [6.45, 7) is 1.87. The SMILES string of the molecule is Cc1ccc(S(=O)(=O)N(C)c2ccc(C#N)cc2)s1. The highest BCUT2D eigenvalue weighted by atomic mass is 32.2. The Morgan fingerprint density at radius 1 is 1.16 bits per heavy atom. The van der Waals surface area contributed by atoms with E-state index in [-0.39, 0.29) is 0 Å². The molecule has 98 valence electrons. The molecular weight excluding hydrogens is 280 g/mol. The number of thiophene rings is 1. The number of nitrogens with zero attached hydrogens (tertiary/aromatic N) is 2. The van der Waals surface area contributed by atoms with Crippen LogP contribution in [0.1, 0.15) is 10.4 Å². The number of nitriles is 1. The molecule has 6 heteroatoms. The Labute approximate surface area is 116 Å². The van der Waals surface area contributed by atoms with Crippen LogP contribution in [0.5, 0.6) is 0 Å². The summed E-state index contributed by atoms with van der Waals surface area (Å²) in [5.41, 5.74) is 1.03. The summed E-state index contributed by atoms with van der Waals surface area (Å²) in [6, 6.07) is 11.8. The van der Waals surface area contributed by atoms with Crippen LogP contribution >= 0.6 is 11.3 Å². The first kappa shape index (κ1) is 13.6. The third-order valence-electron chi connectivity index (χ3n) is 2.69. The average Bonchev–Trinajstić information content (AvgIpc) is 2.85. The van der Waals surface area contributed by atoms with Gasteiger partial charge in [-0.1, -0.05) is 0 Å². The predicted octanol–water partition coefficient (Wildman–Crippen LogP) is 2.75. The van der Waals surface area contributed by atoms with Crippen LogP contribution in [-0.4, -0.2) is 15.5 Å². The highest BCUT2D eigenvalue weighted by Crippen LogP contribution is 2.27. The van der Waals surface area contributed by atoms with E-state index in [4.69, 9.17) is 5.26 Å². The molecular formula is C13H12N2O2S2. The lowest BCUT2D eigenvalue weighted by molar-refractivity contribution is 0.596. The maximum atomic E-state index is 12.4. The average molecular weight is 292 g/mol. The Hall–Kier alpha value is -1.84. The van der Waals surface area contributed by atoms with Crippen molar-refractivity contribution in [2.24, 2.45) is 0 Å². The summed E-state index contributed by atoms with van der Waals surface area (Å²) >= 11 is 1.24. The molecule has 0 atom stereocenters. The fourth-order valence-electron chi connectivity index (χ4n) is 1.57. The number of hydrogen-bond donors (Lipinski definition) is 0. The molecule has 0 radical (unpaired) electrons. The lowest BCUT2D eigenvalue weighted by Gasteiger charge is -2.18. The van der Waals surface area contributed by atoms with Crippen LogP contribution in [-0.2, 0) is 10.0 Å². The Morgan fingerprint density at radius 2 is 1.79 bits per heavy atom. The van der Waals surface area contributed by atoms with Gasteiger partial charge in [0.05, 0.1) is 17.3 Å². The molecule has 0 spiro atoms. The first-order chi connectivity index (χ1) is 8.95. The fourth-order valence-corrected chi connectivity index (χ4v) is 4.22. The van der Waals surface area contributed by atoms with Gasteiger partial charge in [0.1, 0.15) is 4.21 Å². The molecule has 2 aromatic rings. The van der Waals surface area contributed by atoms with Crippen molar-refractivity contribution in [3.63, 3.8) is 0 Å². The standard InChI is InChI=1S/C13H12N2O2S2/c1-10-3-8-13(18-10)19(16,17)15(2)12-6-4-11(9-14)5-7-12/h3-8H,1-2H3. The van der Waals surface area contributed by atoms with E-state index in [1.165, 1.54) is 22.7 Å². The van der Waals surface area contributed by atoms with Gasteiger partial charge < -0.3 is 0 Å². The summed E-state index contributed by atoms with van der Waals surface area (Å²) in [4.78, 5) is 0.951. The van der Waals surface area contributed by atoms with E-state index in [0.29, 0.717) is 15.5 Å². The maximum absolute atomic E-state index is 12.4. The van der Waals surface area contributed by atoms with Crippen molar-refractivity contribution >= 4 is 27.0 Å². The van der Waals surface area contributed by atoms with E-state index in [1.807, 2.05) is 13.0 Å². The van der Waals surface area contributed by atoms with Crippen molar-refractivity contribution in [3.8, 4) is 6.07 Å². The van der Waals surface area contributed by atoms with Crippen molar-refractivity contribution in [1.29, 1.82) is 5.26 Å². The molecule has 19 heavy (non-hydrogen) atoms. The van der Waals surface area contributed by atoms with Gasteiger partial charge in [-0.25, -0.2) is 8.42 Å². The Balaban J connectivity index is 2.37. The molecule has 0 fully saturated rings. The van der Waals surface area contributed by atoms with Crippen LogP contribution in [0.2, 0.25) is 0 Å². The van der Waals surface area contributed by atoms with Gasteiger partial charge >= 0.3 is 0 Å². The Morgan fingerprint density at radius 3 is 2.26 bits per heavy atom. The van der Waals surface area contributed by atoms with E-state index in [2.05, 4.69) is 0 Å². The van der Waals surface area contributed by atoms with Crippen LogP contribution in [0, 0.1) is 18.3 Å². The molecule has 0 amide bonds. The third-order valence-corrected chi connectivity index (χ3v) is 5.94. The molecule has 0 unspecified atom stereocenters. The van der Waals surface area contributed by atoms with Crippen molar-refractivity contribution in [3.05, 3.63) is 46.8 Å². The summed E-state index contributed by atoms with van der Waals surface area (Å²) in [5, 5.41) is 8.73. The van der Waals surface area contributed by atoms with Gasteiger partial charge in [0.25, 0.3) is 10.0 Å². The van der Waals surface area contributed by atoms with Gasteiger partial charge in [-0.05, 0) is 43.3 Å². The molecule has 1 aromatic carbocycles. The van der Waals surface area contributed by atoms with E-state index in [9.17, 15) is 8.42 Å². The summed E-state index contributed by atoms with van der Waals surface area (Å²) < 4.78 is 26.3. The van der Waals surface area contributed by atoms with E-state index >= 15 is 0 Å². The van der Waals surface area contributed by atoms with Crippen molar-refractivity contribution in [1.82, 2.24) is 0 Å². The van der Waals surface area contributed by atoms with Gasteiger partial charge in [0.2, 0.25) is 0 Å². The topological polar surface area (TPSA) is 61.2 Å². The van der Waals surface area contributed by atoms with Crippen LogP contribution in [0.3, 0.4) is 0 Å². The Kier molecular flexibility index (Phi) is 3.60. The van der Waals surface area contributed by atoms with Gasteiger partial charge in [-0.2, -0.15) is 5.26 Å². The van der Waals surface area contributed by atoms with Gasteiger partial charge in [0.15, 0.2) is 0 Å². The van der Waals surface area contributed by atoms with Crippen LogP contribution < -0.4 is 4.31 Å². The van der Waals surface area contributed by atoms with Gasteiger partial charge in [-0.15, -0.1) is 11.3 Å². The molecule has 0 aliphatic heterocycles. The minimum absolute atomic E-state index is 0.317. The van der Waals surface area contributed by atoms with Crippen LogP contribution in [0.25, 0.3) is 0 Å².